The van der Waals surface area contributed by atoms with Crippen LogP contribution in [0.2, 0.25) is 19.1 Å². The van der Waals surface area contributed by atoms with E-state index in [9.17, 15) is 9.59 Å². The average molecular weight is 271 g/mol. The molecule has 0 radical (unpaired) electrons. The summed E-state index contributed by atoms with van der Waals surface area (Å²) < 4.78 is 0. The molecule has 0 aromatic carbocycles. The highest BCUT2D eigenvalue weighted by Gasteiger charge is 2.15. The second kappa shape index (κ2) is 9.33. The van der Waals surface area contributed by atoms with Crippen molar-refractivity contribution >= 4 is 14.2 Å². The number of rotatable bonds is 10. The van der Waals surface area contributed by atoms with Crippen LogP contribution >= 0.6 is 0 Å². The standard InChI is InChI=1S/C14H29NO2Si/c1-13(2)14(16)15-11-9-7-5-6-8-10-12-18(3,4)17/h17H,1,5-12H2,2-4H3,(H,15,16). The summed E-state index contributed by atoms with van der Waals surface area (Å²) >= 11 is 0. The molecule has 0 aliphatic heterocycles. The Kier molecular flexibility index (Phi) is 9.02. The van der Waals surface area contributed by atoms with Gasteiger partial charge in [0.25, 0.3) is 0 Å². The molecule has 0 aromatic rings. The first-order valence-electron chi connectivity index (χ1n) is 6.99. The minimum atomic E-state index is -1.82. The molecule has 106 valence electrons. The smallest absolute Gasteiger partial charge is 0.246 e. The van der Waals surface area contributed by atoms with Crippen LogP contribution in [0.3, 0.4) is 0 Å². The number of carbonyl (C=O) groups is 1. The molecule has 3 nitrogen and oxygen atoms in total. The molecule has 18 heavy (non-hydrogen) atoms. The Bertz CT molecular complexity index is 259. The van der Waals surface area contributed by atoms with Crippen LogP contribution in [0.25, 0.3) is 0 Å². The van der Waals surface area contributed by atoms with E-state index in [1.165, 1.54) is 19.3 Å². The molecule has 0 aromatic heterocycles. The van der Waals surface area contributed by atoms with Crippen LogP contribution in [0.15, 0.2) is 12.2 Å². The fourth-order valence-corrected chi connectivity index (χ4v) is 2.86. The van der Waals surface area contributed by atoms with E-state index in [4.69, 9.17) is 0 Å². The molecule has 0 saturated heterocycles. The number of amides is 1. The number of hydrogen-bond acceptors (Lipinski definition) is 2. The van der Waals surface area contributed by atoms with Gasteiger partial charge in [0.05, 0.1) is 0 Å². The highest BCUT2D eigenvalue weighted by atomic mass is 28.4. The van der Waals surface area contributed by atoms with Crippen LogP contribution in [0.5, 0.6) is 0 Å². The van der Waals surface area contributed by atoms with Crippen LogP contribution in [0, 0.1) is 0 Å². The Morgan fingerprint density at radius 1 is 1.11 bits per heavy atom. The van der Waals surface area contributed by atoms with Gasteiger partial charge in [-0.15, -0.1) is 0 Å². The van der Waals surface area contributed by atoms with E-state index < -0.39 is 8.32 Å². The molecule has 0 fully saturated rings. The quantitative estimate of drug-likeness (QED) is 0.364. The SMILES string of the molecule is C=C(C)C(=O)NCCCCCCCC[Si](C)(C)O. The Hall–Kier alpha value is -0.613. The van der Waals surface area contributed by atoms with Gasteiger partial charge in [0.1, 0.15) is 0 Å². The number of hydrogen-bond donors (Lipinski definition) is 2. The molecule has 0 aliphatic rings. The lowest BCUT2D eigenvalue weighted by Gasteiger charge is -2.12. The topological polar surface area (TPSA) is 49.3 Å². The fraction of sp³-hybridized carbons (Fsp3) is 0.786. The minimum Gasteiger partial charge on any atom is -0.432 e. The Labute approximate surface area is 113 Å². The molecular formula is C14H29NO2Si. The summed E-state index contributed by atoms with van der Waals surface area (Å²) in [6.07, 6.45) is 7.03. The molecular weight excluding hydrogens is 242 g/mol. The van der Waals surface area contributed by atoms with E-state index in [0.717, 1.165) is 31.9 Å². The van der Waals surface area contributed by atoms with Crippen molar-refractivity contribution in [1.29, 1.82) is 0 Å². The van der Waals surface area contributed by atoms with Crippen molar-refractivity contribution in [2.75, 3.05) is 6.54 Å². The summed E-state index contributed by atoms with van der Waals surface area (Å²) in [6.45, 7) is 10.1. The first kappa shape index (κ1) is 17.4. The van der Waals surface area contributed by atoms with Crippen LogP contribution in [0.4, 0.5) is 0 Å². The first-order chi connectivity index (χ1) is 8.33. The zero-order valence-electron chi connectivity index (χ0n) is 12.2. The zero-order chi connectivity index (χ0) is 14.0. The maximum absolute atomic E-state index is 11.2. The Balaban J connectivity index is 3.22. The molecule has 0 spiro atoms. The van der Waals surface area contributed by atoms with E-state index in [1.54, 1.807) is 6.92 Å². The summed E-state index contributed by atoms with van der Waals surface area (Å²) in [5.74, 6) is -0.0369. The maximum atomic E-state index is 11.2. The van der Waals surface area contributed by atoms with Gasteiger partial charge in [-0.05, 0) is 32.5 Å². The third-order valence-electron chi connectivity index (χ3n) is 2.89. The van der Waals surface area contributed by atoms with Gasteiger partial charge in [0.15, 0.2) is 8.32 Å². The summed E-state index contributed by atoms with van der Waals surface area (Å²) in [6, 6.07) is 1.02. The second-order valence-electron chi connectivity index (χ2n) is 5.72. The van der Waals surface area contributed by atoms with Gasteiger partial charge >= 0.3 is 0 Å². The lowest BCUT2D eigenvalue weighted by molar-refractivity contribution is -0.117. The van der Waals surface area contributed by atoms with E-state index in [1.807, 2.05) is 13.1 Å². The van der Waals surface area contributed by atoms with Crippen molar-refractivity contribution in [3.05, 3.63) is 12.2 Å². The summed E-state index contributed by atoms with van der Waals surface area (Å²) in [5, 5.41) is 2.84. The fourth-order valence-electron chi connectivity index (χ4n) is 1.74. The van der Waals surface area contributed by atoms with Crippen LogP contribution in [-0.4, -0.2) is 25.6 Å². The Morgan fingerprint density at radius 3 is 2.11 bits per heavy atom. The molecule has 0 saturated carbocycles. The number of unbranched alkanes of at least 4 members (excludes halogenated alkanes) is 5. The first-order valence-corrected chi connectivity index (χ1v) is 10.1. The monoisotopic (exact) mass is 271 g/mol. The van der Waals surface area contributed by atoms with Crippen molar-refractivity contribution in [2.45, 2.75) is 64.6 Å². The molecule has 0 heterocycles. The van der Waals surface area contributed by atoms with Gasteiger partial charge in [0.2, 0.25) is 5.91 Å². The molecule has 1 amide bonds. The van der Waals surface area contributed by atoms with Gasteiger partial charge in [-0.2, -0.15) is 0 Å². The summed E-state index contributed by atoms with van der Waals surface area (Å²) in [7, 11) is -1.82. The van der Waals surface area contributed by atoms with Crippen LogP contribution < -0.4 is 5.32 Å². The molecule has 0 unspecified atom stereocenters. The van der Waals surface area contributed by atoms with Crippen LogP contribution in [-0.2, 0) is 4.79 Å². The molecule has 0 atom stereocenters. The van der Waals surface area contributed by atoms with Gasteiger partial charge < -0.3 is 10.1 Å². The van der Waals surface area contributed by atoms with E-state index in [0.29, 0.717) is 5.57 Å². The average Bonchev–Trinajstić information content (AvgIpc) is 2.24. The van der Waals surface area contributed by atoms with Gasteiger partial charge in [-0.3, -0.25) is 4.79 Å². The highest BCUT2D eigenvalue weighted by molar-refractivity contribution is 6.69. The number of carbonyl (C=O) groups excluding carboxylic acids is 1. The third-order valence-corrected chi connectivity index (χ3v) is 4.47. The third kappa shape index (κ3) is 11.9. The molecule has 2 N–H and O–H groups in total. The largest absolute Gasteiger partial charge is 0.432 e. The minimum absolute atomic E-state index is 0.0369. The summed E-state index contributed by atoms with van der Waals surface area (Å²) in [5.41, 5.74) is 0.575. The predicted molar refractivity (Wildman–Crippen MR) is 80.0 cm³/mol. The van der Waals surface area contributed by atoms with Crippen molar-refractivity contribution < 1.29 is 9.59 Å². The van der Waals surface area contributed by atoms with E-state index in [-0.39, 0.29) is 5.91 Å². The van der Waals surface area contributed by atoms with Gasteiger partial charge in [-0.1, -0.05) is 38.7 Å². The van der Waals surface area contributed by atoms with Crippen molar-refractivity contribution in [1.82, 2.24) is 5.32 Å². The van der Waals surface area contributed by atoms with Crippen molar-refractivity contribution in [3.63, 3.8) is 0 Å². The number of nitrogens with one attached hydrogen (secondary N) is 1. The lowest BCUT2D eigenvalue weighted by Crippen LogP contribution is -2.24. The zero-order valence-corrected chi connectivity index (χ0v) is 13.2. The van der Waals surface area contributed by atoms with E-state index >= 15 is 0 Å². The Morgan fingerprint density at radius 2 is 1.61 bits per heavy atom. The maximum Gasteiger partial charge on any atom is 0.246 e. The van der Waals surface area contributed by atoms with Crippen molar-refractivity contribution in [2.24, 2.45) is 0 Å². The second-order valence-corrected chi connectivity index (χ2v) is 9.84. The highest BCUT2D eigenvalue weighted by Crippen LogP contribution is 2.13. The lowest BCUT2D eigenvalue weighted by atomic mass is 10.1. The molecule has 0 bridgehead atoms. The van der Waals surface area contributed by atoms with Crippen molar-refractivity contribution in [3.8, 4) is 0 Å². The van der Waals surface area contributed by atoms with Gasteiger partial charge in [-0.25, -0.2) is 0 Å². The normalized spacial score (nSPS) is 11.3. The van der Waals surface area contributed by atoms with Gasteiger partial charge in [0, 0.05) is 12.1 Å². The van der Waals surface area contributed by atoms with Crippen LogP contribution in [0.1, 0.15) is 45.4 Å². The predicted octanol–water partition coefficient (Wildman–Crippen LogP) is 3.22. The molecule has 0 aliphatic carbocycles. The molecule has 4 heteroatoms. The molecule has 0 rings (SSSR count). The van der Waals surface area contributed by atoms with E-state index in [2.05, 4.69) is 11.9 Å². The summed E-state index contributed by atoms with van der Waals surface area (Å²) in [4.78, 5) is 20.9.